The standard InChI is InChI=1S/C20H17ClF2N4O2/c1-11-2-3-13(10-27(11)20(28)12-4-6-16(23)15(21)8-12)18-25-19(29-26-18)17-7-5-14(22)9-24-17/h4-9,11,13H,2-3,10H2,1H3. The molecule has 1 saturated heterocycles. The predicted octanol–water partition coefficient (Wildman–Crippen LogP) is 4.47. The molecule has 0 spiro atoms. The molecule has 1 fully saturated rings. The van der Waals surface area contributed by atoms with Gasteiger partial charge in [-0.3, -0.25) is 4.79 Å². The second-order valence-corrected chi connectivity index (χ2v) is 7.44. The summed E-state index contributed by atoms with van der Waals surface area (Å²) in [6, 6.07) is 6.68. The van der Waals surface area contributed by atoms with E-state index in [2.05, 4.69) is 15.1 Å². The molecule has 29 heavy (non-hydrogen) atoms. The van der Waals surface area contributed by atoms with Crippen LogP contribution in [0.25, 0.3) is 11.6 Å². The summed E-state index contributed by atoms with van der Waals surface area (Å²) in [5.41, 5.74) is 0.705. The van der Waals surface area contributed by atoms with Crippen LogP contribution in [-0.4, -0.2) is 38.5 Å². The zero-order chi connectivity index (χ0) is 20.5. The maximum Gasteiger partial charge on any atom is 0.276 e. The fourth-order valence-electron chi connectivity index (χ4n) is 3.40. The maximum atomic E-state index is 13.4. The van der Waals surface area contributed by atoms with Gasteiger partial charge in [-0.15, -0.1) is 0 Å². The van der Waals surface area contributed by atoms with Gasteiger partial charge in [0.15, 0.2) is 5.82 Å². The van der Waals surface area contributed by atoms with Crippen LogP contribution in [0.4, 0.5) is 8.78 Å². The second-order valence-electron chi connectivity index (χ2n) is 7.03. The number of piperidine rings is 1. The summed E-state index contributed by atoms with van der Waals surface area (Å²) in [6.45, 7) is 2.36. The summed E-state index contributed by atoms with van der Waals surface area (Å²) in [7, 11) is 0. The molecule has 1 amide bonds. The molecule has 1 aromatic carbocycles. The second kappa shape index (κ2) is 7.87. The molecule has 0 saturated carbocycles. The molecule has 9 heteroatoms. The third-order valence-corrected chi connectivity index (χ3v) is 5.35. The summed E-state index contributed by atoms with van der Waals surface area (Å²) in [4.78, 5) is 23.0. The Bertz CT molecular complexity index is 1040. The molecule has 1 aliphatic rings. The Kier molecular flexibility index (Phi) is 5.27. The number of carbonyl (C=O) groups is 1. The largest absolute Gasteiger partial charge is 0.335 e. The molecule has 2 aromatic heterocycles. The number of carbonyl (C=O) groups excluding carboxylic acids is 1. The number of benzene rings is 1. The Morgan fingerprint density at radius 1 is 1.24 bits per heavy atom. The van der Waals surface area contributed by atoms with E-state index in [0.717, 1.165) is 19.0 Å². The van der Waals surface area contributed by atoms with Crippen molar-refractivity contribution >= 4 is 17.5 Å². The van der Waals surface area contributed by atoms with Gasteiger partial charge in [-0.05, 0) is 50.1 Å². The maximum absolute atomic E-state index is 13.4. The van der Waals surface area contributed by atoms with Crippen LogP contribution >= 0.6 is 11.6 Å². The summed E-state index contributed by atoms with van der Waals surface area (Å²) >= 11 is 5.82. The van der Waals surface area contributed by atoms with Crippen LogP contribution in [0.5, 0.6) is 0 Å². The van der Waals surface area contributed by atoms with Crippen molar-refractivity contribution in [2.45, 2.75) is 31.7 Å². The molecule has 6 nitrogen and oxygen atoms in total. The van der Waals surface area contributed by atoms with Crippen molar-refractivity contribution in [2.24, 2.45) is 0 Å². The lowest BCUT2D eigenvalue weighted by atomic mass is 9.92. The lowest BCUT2D eigenvalue weighted by Crippen LogP contribution is -2.45. The number of likely N-dealkylation sites (tertiary alicyclic amines) is 1. The highest BCUT2D eigenvalue weighted by Gasteiger charge is 2.33. The molecular formula is C20H17ClF2N4O2. The Morgan fingerprint density at radius 2 is 2.07 bits per heavy atom. The van der Waals surface area contributed by atoms with Crippen molar-refractivity contribution in [1.29, 1.82) is 0 Å². The summed E-state index contributed by atoms with van der Waals surface area (Å²) in [5, 5.41) is 3.94. The van der Waals surface area contributed by atoms with Crippen molar-refractivity contribution in [3.05, 3.63) is 64.6 Å². The number of halogens is 3. The Labute approximate surface area is 170 Å². The van der Waals surface area contributed by atoms with E-state index < -0.39 is 11.6 Å². The zero-order valence-electron chi connectivity index (χ0n) is 15.5. The molecule has 150 valence electrons. The quantitative estimate of drug-likeness (QED) is 0.627. The molecule has 2 unspecified atom stereocenters. The average molecular weight is 419 g/mol. The fraction of sp³-hybridized carbons (Fsp3) is 0.300. The van der Waals surface area contributed by atoms with Crippen LogP contribution in [0.15, 0.2) is 41.1 Å². The topological polar surface area (TPSA) is 72.1 Å². The van der Waals surface area contributed by atoms with Gasteiger partial charge < -0.3 is 9.42 Å². The monoisotopic (exact) mass is 418 g/mol. The van der Waals surface area contributed by atoms with Gasteiger partial charge in [-0.1, -0.05) is 16.8 Å². The van der Waals surface area contributed by atoms with Gasteiger partial charge in [-0.25, -0.2) is 13.8 Å². The van der Waals surface area contributed by atoms with E-state index in [1.54, 1.807) is 4.90 Å². The summed E-state index contributed by atoms with van der Waals surface area (Å²) in [5.74, 6) is -0.710. The summed E-state index contributed by atoms with van der Waals surface area (Å²) in [6.07, 6.45) is 2.62. The van der Waals surface area contributed by atoms with Crippen LogP contribution in [0, 0.1) is 11.6 Å². The molecule has 4 rings (SSSR count). The Morgan fingerprint density at radius 3 is 2.79 bits per heavy atom. The minimum absolute atomic E-state index is 0.00714. The first-order valence-electron chi connectivity index (χ1n) is 9.14. The fourth-order valence-corrected chi connectivity index (χ4v) is 3.58. The number of hydrogen-bond donors (Lipinski definition) is 0. The van der Waals surface area contributed by atoms with E-state index >= 15 is 0 Å². The zero-order valence-corrected chi connectivity index (χ0v) is 16.2. The Balaban J connectivity index is 1.53. The van der Waals surface area contributed by atoms with Gasteiger partial charge in [0.2, 0.25) is 0 Å². The normalized spacial score (nSPS) is 19.4. The molecule has 2 atom stereocenters. The molecule has 0 aliphatic carbocycles. The highest BCUT2D eigenvalue weighted by atomic mass is 35.5. The van der Waals surface area contributed by atoms with Crippen molar-refractivity contribution in [1.82, 2.24) is 20.0 Å². The van der Waals surface area contributed by atoms with Gasteiger partial charge in [0.25, 0.3) is 11.8 Å². The number of amides is 1. The van der Waals surface area contributed by atoms with Gasteiger partial charge in [0, 0.05) is 24.1 Å². The van der Waals surface area contributed by atoms with E-state index in [-0.39, 0.29) is 28.8 Å². The van der Waals surface area contributed by atoms with Gasteiger partial charge >= 0.3 is 0 Å². The highest BCUT2D eigenvalue weighted by molar-refractivity contribution is 6.31. The predicted molar refractivity (Wildman–Crippen MR) is 101 cm³/mol. The van der Waals surface area contributed by atoms with Crippen molar-refractivity contribution in [3.8, 4) is 11.6 Å². The molecular weight excluding hydrogens is 402 g/mol. The number of hydrogen-bond acceptors (Lipinski definition) is 5. The van der Waals surface area contributed by atoms with Gasteiger partial charge in [-0.2, -0.15) is 4.98 Å². The lowest BCUT2D eigenvalue weighted by Gasteiger charge is -2.37. The molecule has 0 bridgehead atoms. The first kappa shape index (κ1) is 19.4. The Hall–Kier alpha value is -2.87. The van der Waals surface area contributed by atoms with Crippen LogP contribution in [-0.2, 0) is 0 Å². The van der Waals surface area contributed by atoms with E-state index in [0.29, 0.717) is 23.6 Å². The minimum atomic E-state index is -0.568. The average Bonchev–Trinajstić information content (AvgIpc) is 3.20. The smallest absolute Gasteiger partial charge is 0.276 e. The van der Waals surface area contributed by atoms with E-state index in [4.69, 9.17) is 16.1 Å². The van der Waals surface area contributed by atoms with Crippen LogP contribution in [0.2, 0.25) is 5.02 Å². The molecule has 1 aliphatic heterocycles. The third kappa shape index (κ3) is 3.98. The number of rotatable bonds is 3. The molecule has 3 heterocycles. The van der Waals surface area contributed by atoms with E-state index in [9.17, 15) is 13.6 Å². The SMILES string of the molecule is CC1CCC(c2noc(-c3ccc(F)cn3)n2)CN1C(=O)c1ccc(F)c(Cl)c1. The van der Waals surface area contributed by atoms with Crippen molar-refractivity contribution in [3.63, 3.8) is 0 Å². The number of aromatic nitrogens is 3. The molecule has 3 aromatic rings. The molecule has 0 N–H and O–H groups in total. The van der Waals surface area contributed by atoms with Crippen molar-refractivity contribution in [2.75, 3.05) is 6.54 Å². The minimum Gasteiger partial charge on any atom is -0.335 e. The van der Waals surface area contributed by atoms with Crippen LogP contribution in [0.1, 0.15) is 41.9 Å². The first-order chi connectivity index (χ1) is 13.9. The van der Waals surface area contributed by atoms with E-state index in [1.165, 1.54) is 30.3 Å². The van der Waals surface area contributed by atoms with E-state index in [1.807, 2.05) is 6.92 Å². The number of pyridine rings is 1. The van der Waals surface area contributed by atoms with Gasteiger partial charge in [0.05, 0.1) is 11.2 Å². The van der Waals surface area contributed by atoms with Crippen LogP contribution < -0.4 is 0 Å². The van der Waals surface area contributed by atoms with Crippen molar-refractivity contribution < 1.29 is 18.1 Å². The van der Waals surface area contributed by atoms with Crippen LogP contribution in [0.3, 0.4) is 0 Å². The highest BCUT2D eigenvalue weighted by Crippen LogP contribution is 2.31. The lowest BCUT2D eigenvalue weighted by molar-refractivity contribution is 0.0604. The molecule has 0 radical (unpaired) electrons. The summed E-state index contributed by atoms with van der Waals surface area (Å²) < 4.78 is 31.7. The third-order valence-electron chi connectivity index (χ3n) is 5.06. The number of nitrogens with zero attached hydrogens (tertiary/aromatic N) is 4. The first-order valence-corrected chi connectivity index (χ1v) is 9.51. The van der Waals surface area contributed by atoms with Gasteiger partial charge in [0.1, 0.15) is 17.3 Å².